The van der Waals surface area contributed by atoms with Crippen LogP contribution in [0.1, 0.15) is 16.8 Å². The Hall–Kier alpha value is -2.09. The maximum Gasteiger partial charge on any atom is 0.419 e. The number of hydrogen-bond acceptors (Lipinski definition) is 4. The van der Waals surface area contributed by atoms with E-state index < -0.39 is 11.7 Å². The van der Waals surface area contributed by atoms with Crippen LogP contribution in [0.25, 0.3) is 0 Å². The standard InChI is InChI=1S/C13H15F3N4O/c1-17-6-9-3-4-12(11(5-9)13(14,15)16)21-8-10-7-20(2)19-18-10/h3-5,7,17H,6,8H2,1-2H3. The first-order chi connectivity index (χ1) is 9.90. The number of benzene rings is 1. The summed E-state index contributed by atoms with van der Waals surface area (Å²) in [6.45, 7) is 0.288. The molecule has 2 rings (SSSR count). The molecule has 0 aliphatic heterocycles. The van der Waals surface area contributed by atoms with Gasteiger partial charge in [0.25, 0.3) is 0 Å². The van der Waals surface area contributed by atoms with Crippen molar-refractivity contribution in [3.8, 4) is 5.75 Å². The van der Waals surface area contributed by atoms with Gasteiger partial charge < -0.3 is 10.1 Å². The van der Waals surface area contributed by atoms with E-state index in [1.54, 1.807) is 26.4 Å². The molecule has 1 heterocycles. The maximum absolute atomic E-state index is 13.1. The van der Waals surface area contributed by atoms with Crippen LogP contribution in [0.4, 0.5) is 13.2 Å². The zero-order valence-electron chi connectivity index (χ0n) is 11.6. The highest BCUT2D eigenvalue weighted by atomic mass is 19.4. The average Bonchev–Trinajstić information content (AvgIpc) is 2.82. The van der Waals surface area contributed by atoms with Crippen LogP contribution >= 0.6 is 0 Å². The van der Waals surface area contributed by atoms with Crippen molar-refractivity contribution in [2.24, 2.45) is 7.05 Å². The zero-order chi connectivity index (χ0) is 15.5. The summed E-state index contributed by atoms with van der Waals surface area (Å²) in [6, 6.07) is 4.01. The first kappa shape index (κ1) is 15.3. The van der Waals surface area contributed by atoms with Gasteiger partial charge in [0.15, 0.2) is 0 Å². The molecule has 1 aromatic heterocycles. The van der Waals surface area contributed by atoms with E-state index in [2.05, 4.69) is 15.6 Å². The molecule has 0 amide bonds. The van der Waals surface area contributed by atoms with Crippen molar-refractivity contribution in [3.05, 3.63) is 41.2 Å². The lowest BCUT2D eigenvalue weighted by molar-refractivity contribution is -0.139. The van der Waals surface area contributed by atoms with E-state index in [-0.39, 0.29) is 12.4 Å². The van der Waals surface area contributed by atoms with Crippen LogP contribution in [0.15, 0.2) is 24.4 Å². The minimum atomic E-state index is -4.47. The van der Waals surface area contributed by atoms with Crippen molar-refractivity contribution in [2.75, 3.05) is 7.05 Å². The summed E-state index contributed by atoms with van der Waals surface area (Å²) in [5.41, 5.74) is 0.209. The minimum absolute atomic E-state index is 0.0672. The van der Waals surface area contributed by atoms with Crippen molar-refractivity contribution < 1.29 is 17.9 Å². The minimum Gasteiger partial charge on any atom is -0.487 e. The zero-order valence-corrected chi connectivity index (χ0v) is 11.6. The first-order valence-corrected chi connectivity index (χ1v) is 6.23. The molecule has 0 atom stereocenters. The van der Waals surface area contributed by atoms with Gasteiger partial charge in [-0.15, -0.1) is 5.10 Å². The molecule has 1 aromatic carbocycles. The molecule has 0 saturated heterocycles. The van der Waals surface area contributed by atoms with Crippen molar-refractivity contribution >= 4 is 0 Å². The van der Waals surface area contributed by atoms with Gasteiger partial charge in [0.05, 0.1) is 11.8 Å². The van der Waals surface area contributed by atoms with Crippen molar-refractivity contribution in [2.45, 2.75) is 19.3 Å². The van der Waals surface area contributed by atoms with Crippen LogP contribution in [0.5, 0.6) is 5.75 Å². The molecule has 0 fully saturated rings. The Bertz CT molecular complexity index is 610. The van der Waals surface area contributed by atoms with Gasteiger partial charge in [-0.3, -0.25) is 4.68 Å². The lowest BCUT2D eigenvalue weighted by atomic mass is 10.1. The Balaban J connectivity index is 2.21. The molecule has 0 saturated carbocycles. The smallest absolute Gasteiger partial charge is 0.419 e. The highest BCUT2D eigenvalue weighted by Crippen LogP contribution is 2.37. The van der Waals surface area contributed by atoms with Crippen molar-refractivity contribution in [1.82, 2.24) is 20.3 Å². The molecular weight excluding hydrogens is 285 g/mol. The normalized spacial score (nSPS) is 11.7. The summed E-state index contributed by atoms with van der Waals surface area (Å²) in [5, 5.41) is 10.3. The molecule has 114 valence electrons. The predicted octanol–water partition coefficient (Wildman–Crippen LogP) is 2.13. The monoisotopic (exact) mass is 300 g/mol. The topological polar surface area (TPSA) is 52.0 Å². The van der Waals surface area contributed by atoms with Gasteiger partial charge in [-0.2, -0.15) is 13.2 Å². The molecule has 2 aromatic rings. The summed E-state index contributed by atoms with van der Waals surface area (Å²) in [6.07, 6.45) is -2.88. The number of ether oxygens (including phenoxy) is 1. The average molecular weight is 300 g/mol. The lowest BCUT2D eigenvalue weighted by Crippen LogP contribution is -2.12. The van der Waals surface area contributed by atoms with E-state index in [1.807, 2.05) is 0 Å². The number of aryl methyl sites for hydroxylation is 1. The Kier molecular flexibility index (Phi) is 4.46. The maximum atomic E-state index is 13.1. The second-order valence-electron chi connectivity index (χ2n) is 4.53. The molecular formula is C13H15F3N4O. The second kappa shape index (κ2) is 6.13. The summed E-state index contributed by atoms with van der Waals surface area (Å²) in [7, 11) is 3.34. The molecule has 21 heavy (non-hydrogen) atoms. The Morgan fingerprint density at radius 2 is 2.10 bits per heavy atom. The summed E-state index contributed by atoms with van der Waals surface area (Å²) in [4.78, 5) is 0. The third kappa shape index (κ3) is 3.94. The van der Waals surface area contributed by atoms with Gasteiger partial charge in [-0.25, -0.2) is 0 Å². The molecule has 5 nitrogen and oxygen atoms in total. The van der Waals surface area contributed by atoms with Gasteiger partial charge in [0, 0.05) is 13.6 Å². The van der Waals surface area contributed by atoms with Crippen LogP contribution < -0.4 is 10.1 Å². The highest BCUT2D eigenvalue weighted by molar-refractivity contribution is 5.39. The largest absolute Gasteiger partial charge is 0.487 e. The predicted molar refractivity (Wildman–Crippen MR) is 69.5 cm³/mol. The molecule has 0 radical (unpaired) electrons. The van der Waals surface area contributed by atoms with Gasteiger partial charge >= 0.3 is 6.18 Å². The van der Waals surface area contributed by atoms with E-state index in [4.69, 9.17) is 4.74 Å². The number of aromatic nitrogens is 3. The van der Waals surface area contributed by atoms with E-state index in [0.29, 0.717) is 17.8 Å². The molecule has 0 spiro atoms. The molecule has 0 aliphatic carbocycles. The number of alkyl halides is 3. The summed E-state index contributed by atoms with van der Waals surface area (Å²) < 4.78 is 45.9. The number of hydrogen-bond donors (Lipinski definition) is 1. The van der Waals surface area contributed by atoms with Gasteiger partial charge in [0.2, 0.25) is 0 Å². The van der Waals surface area contributed by atoms with E-state index in [1.165, 1.54) is 10.7 Å². The Morgan fingerprint density at radius 3 is 2.67 bits per heavy atom. The number of rotatable bonds is 5. The number of halogens is 3. The fourth-order valence-corrected chi connectivity index (χ4v) is 1.85. The number of nitrogens with zero attached hydrogens (tertiary/aromatic N) is 3. The van der Waals surface area contributed by atoms with Crippen molar-refractivity contribution in [3.63, 3.8) is 0 Å². The van der Waals surface area contributed by atoms with E-state index >= 15 is 0 Å². The lowest BCUT2D eigenvalue weighted by Gasteiger charge is -2.14. The summed E-state index contributed by atoms with van der Waals surface area (Å²) in [5.74, 6) is -0.215. The van der Waals surface area contributed by atoms with Gasteiger partial charge in [-0.1, -0.05) is 11.3 Å². The number of nitrogens with one attached hydrogen (secondary N) is 1. The fourth-order valence-electron chi connectivity index (χ4n) is 1.85. The molecule has 1 N–H and O–H groups in total. The van der Waals surface area contributed by atoms with E-state index in [9.17, 15) is 13.2 Å². The van der Waals surface area contributed by atoms with E-state index in [0.717, 1.165) is 6.07 Å². The van der Waals surface area contributed by atoms with Gasteiger partial charge in [0.1, 0.15) is 18.1 Å². The summed E-state index contributed by atoms with van der Waals surface area (Å²) >= 11 is 0. The second-order valence-corrected chi connectivity index (χ2v) is 4.53. The molecule has 0 bridgehead atoms. The Morgan fingerprint density at radius 1 is 1.33 bits per heavy atom. The fraction of sp³-hybridized carbons (Fsp3) is 0.385. The molecule has 0 unspecified atom stereocenters. The Labute approximate surface area is 119 Å². The van der Waals surface area contributed by atoms with Crippen LogP contribution in [-0.4, -0.2) is 22.0 Å². The van der Waals surface area contributed by atoms with Crippen LogP contribution in [0.2, 0.25) is 0 Å². The van der Waals surface area contributed by atoms with Crippen molar-refractivity contribution in [1.29, 1.82) is 0 Å². The third-order valence-electron chi connectivity index (χ3n) is 2.76. The SMILES string of the molecule is CNCc1ccc(OCc2cn(C)nn2)c(C(F)(F)F)c1. The van der Waals surface area contributed by atoms with Crippen LogP contribution in [0, 0.1) is 0 Å². The molecule has 0 aliphatic rings. The first-order valence-electron chi connectivity index (χ1n) is 6.23. The van der Waals surface area contributed by atoms with Crippen LogP contribution in [-0.2, 0) is 26.4 Å². The quantitative estimate of drug-likeness (QED) is 0.919. The third-order valence-corrected chi connectivity index (χ3v) is 2.76. The molecule has 8 heteroatoms. The van der Waals surface area contributed by atoms with Crippen LogP contribution in [0.3, 0.4) is 0 Å². The highest BCUT2D eigenvalue weighted by Gasteiger charge is 2.34. The van der Waals surface area contributed by atoms with Gasteiger partial charge in [-0.05, 0) is 24.7 Å².